The minimum Gasteiger partial charge on any atom is -0.366 e. The third-order valence-electron chi connectivity index (χ3n) is 4.53. The number of thioether (sulfide) groups is 1. The Hall–Kier alpha value is -4.18. The number of carbonyl (C=O) groups excluding carboxylic acids is 3. The summed E-state index contributed by atoms with van der Waals surface area (Å²) >= 11 is 1.30. The zero-order valence-electron chi connectivity index (χ0n) is 17.5. The molecule has 0 aromatic heterocycles. The molecule has 0 fully saturated rings. The highest BCUT2D eigenvalue weighted by Crippen LogP contribution is 2.27. The van der Waals surface area contributed by atoms with Crippen molar-refractivity contribution in [1.29, 1.82) is 0 Å². The van der Waals surface area contributed by atoms with Gasteiger partial charge in [-0.2, -0.15) is 0 Å². The van der Waals surface area contributed by atoms with Crippen LogP contribution in [0, 0.1) is 10.1 Å². The molecule has 0 saturated heterocycles. The lowest BCUT2D eigenvalue weighted by Gasteiger charge is -2.13. The number of anilines is 2. The molecule has 33 heavy (non-hydrogen) atoms. The third kappa shape index (κ3) is 6.40. The maximum absolute atomic E-state index is 12.5. The Morgan fingerprint density at radius 3 is 2.27 bits per heavy atom. The first kappa shape index (κ1) is 23.5. The van der Waals surface area contributed by atoms with Crippen LogP contribution in [0.4, 0.5) is 17.1 Å². The quantitative estimate of drug-likeness (QED) is 0.260. The number of amides is 3. The lowest BCUT2D eigenvalue weighted by Crippen LogP contribution is -2.22. The molecule has 3 rings (SSSR count). The smallest absolute Gasteiger partial charge is 0.270 e. The number of carbonyl (C=O) groups is 3. The van der Waals surface area contributed by atoms with Gasteiger partial charge in [0.15, 0.2) is 0 Å². The van der Waals surface area contributed by atoms with Gasteiger partial charge in [0.1, 0.15) is 0 Å². The van der Waals surface area contributed by atoms with Gasteiger partial charge in [0, 0.05) is 39.5 Å². The number of non-ortho nitro benzene ring substituents is 1. The highest BCUT2D eigenvalue weighted by atomic mass is 32.2. The van der Waals surface area contributed by atoms with E-state index in [4.69, 9.17) is 5.73 Å². The molecule has 0 bridgehead atoms. The maximum Gasteiger partial charge on any atom is 0.270 e. The maximum atomic E-state index is 12.5. The van der Waals surface area contributed by atoms with Crippen LogP contribution in [0.3, 0.4) is 0 Å². The highest BCUT2D eigenvalue weighted by Gasteiger charge is 2.16. The van der Waals surface area contributed by atoms with Crippen LogP contribution in [0.25, 0.3) is 0 Å². The van der Waals surface area contributed by atoms with E-state index in [2.05, 4.69) is 10.6 Å². The van der Waals surface area contributed by atoms with Crippen LogP contribution in [-0.2, 0) is 4.79 Å². The Morgan fingerprint density at radius 1 is 0.909 bits per heavy atom. The van der Waals surface area contributed by atoms with E-state index in [0.717, 1.165) is 4.90 Å². The van der Waals surface area contributed by atoms with Crippen LogP contribution in [0.5, 0.6) is 0 Å². The van der Waals surface area contributed by atoms with Crippen molar-refractivity contribution >= 4 is 46.5 Å². The molecule has 10 heteroatoms. The van der Waals surface area contributed by atoms with Gasteiger partial charge in [-0.05, 0) is 55.5 Å². The van der Waals surface area contributed by atoms with E-state index in [1.54, 1.807) is 43.3 Å². The lowest BCUT2D eigenvalue weighted by atomic mass is 10.2. The number of nitro groups is 1. The Kier molecular flexibility index (Phi) is 7.42. The molecule has 1 atom stereocenters. The molecular formula is C23H20N4O5S. The van der Waals surface area contributed by atoms with Crippen molar-refractivity contribution in [3.05, 3.63) is 94.0 Å². The molecule has 168 valence electrons. The van der Waals surface area contributed by atoms with Gasteiger partial charge < -0.3 is 16.4 Å². The summed E-state index contributed by atoms with van der Waals surface area (Å²) in [4.78, 5) is 47.2. The van der Waals surface area contributed by atoms with Crippen LogP contribution in [-0.4, -0.2) is 27.9 Å². The summed E-state index contributed by atoms with van der Waals surface area (Å²) in [5.74, 6) is -1.27. The summed E-state index contributed by atoms with van der Waals surface area (Å²) in [7, 11) is 0. The Bertz CT molecular complexity index is 1210. The molecule has 0 aliphatic carbocycles. The first-order valence-electron chi connectivity index (χ1n) is 9.76. The standard InChI is InChI=1S/C23H20N4O5S/c1-14(22(29)25-17-10-8-15(9-11-17)21(24)28)33-20-7-3-5-18(13-20)26-23(30)16-4-2-6-19(12-16)27(31)32/h2-14H,1H3,(H2,24,28)(H,25,29)(H,26,30). The van der Waals surface area contributed by atoms with Crippen LogP contribution >= 0.6 is 11.8 Å². The van der Waals surface area contributed by atoms with E-state index in [9.17, 15) is 24.5 Å². The molecule has 0 radical (unpaired) electrons. The summed E-state index contributed by atoms with van der Waals surface area (Å²) in [5.41, 5.74) is 6.58. The van der Waals surface area contributed by atoms with E-state index in [1.807, 2.05) is 0 Å². The van der Waals surface area contributed by atoms with Crippen molar-refractivity contribution in [1.82, 2.24) is 0 Å². The summed E-state index contributed by atoms with van der Waals surface area (Å²) in [5, 5.41) is 15.9. The number of nitrogens with two attached hydrogens (primary N) is 1. The first-order chi connectivity index (χ1) is 15.7. The van der Waals surface area contributed by atoms with Gasteiger partial charge in [-0.3, -0.25) is 24.5 Å². The average Bonchev–Trinajstić information content (AvgIpc) is 2.79. The summed E-state index contributed by atoms with van der Waals surface area (Å²) in [6.07, 6.45) is 0. The molecule has 0 aliphatic heterocycles. The Morgan fingerprint density at radius 2 is 1.61 bits per heavy atom. The van der Waals surface area contributed by atoms with Crippen LogP contribution in [0.15, 0.2) is 77.7 Å². The van der Waals surface area contributed by atoms with E-state index < -0.39 is 22.0 Å². The monoisotopic (exact) mass is 464 g/mol. The number of rotatable bonds is 8. The molecular weight excluding hydrogens is 444 g/mol. The Labute approximate surface area is 193 Å². The molecule has 3 aromatic rings. The SMILES string of the molecule is CC(Sc1cccc(NC(=O)c2cccc([N+](=O)[O-])c2)c1)C(=O)Nc1ccc(C(N)=O)cc1. The summed E-state index contributed by atoms with van der Waals surface area (Å²) < 4.78 is 0. The van der Waals surface area contributed by atoms with Gasteiger partial charge in [-0.15, -0.1) is 11.8 Å². The molecule has 0 spiro atoms. The summed E-state index contributed by atoms with van der Waals surface area (Å²) in [6, 6.07) is 18.6. The van der Waals surface area contributed by atoms with Crippen molar-refractivity contribution in [3.8, 4) is 0 Å². The fraction of sp³-hybridized carbons (Fsp3) is 0.0870. The normalized spacial score (nSPS) is 11.3. The molecule has 3 amide bonds. The predicted octanol–water partition coefficient (Wildman–Crippen LogP) is 4.07. The van der Waals surface area contributed by atoms with Crippen molar-refractivity contribution in [3.63, 3.8) is 0 Å². The lowest BCUT2D eigenvalue weighted by molar-refractivity contribution is -0.384. The number of nitrogens with one attached hydrogen (secondary N) is 2. The predicted molar refractivity (Wildman–Crippen MR) is 126 cm³/mol. The van der Waals surface area contributed by atoms with E-state index in [0.29, 0.717) is 16.9 Å². The molecule has 1 unspecified atom stereocenters. The van der Waals surface area contributed by atoms with Crippen molar-refractivity contribution in [2.45, 2.75) is 17.1 Å². The zero-order chi connectivity index (χ0) is 24.0. The molecule has 4 N–H and O–H groups in total. The second kappa shape index (κ2) is 10.4. The van der Waals surface area contributed by atoms with Crippen LogP contribution < -0.4 is 16.4 Å². The third-order valence-corrected chi connectivity index (χ3v) is 5.62. The fourth-order valence-electron chi connectivity index (χ4n) is 2.83. The minimum atomic E-state index is -0.563. The highest BCUT2D eigenvalue weighted by molar-refractivity contribution is 8.00. The average molecular weight is 465 g/mol. The minimum absolute atomic E-state index is 0.164. The molecule has 3 aromatic carbocycles. The van der Waals surface area contributed by atoms with E-state index in [-0.39, 0.29) is 17.2 Å². The zero-order valence-corrected chi connectivity index (χ0v) is 18.3. The van der Waals surface area contributed by atoms with Gasteiger partial charge in [0.05, 0.1) is 10.2 Å². The topological polar surface area (TPSA) is 144 Å². The first-order valence-corrected chi connectivity index (χ1v) is 10.6. The van der Waals surface area contributed by atoms with Gasteiger partial charge >= 0.3 is 0 Å². The fourth-order valence-corrected chi connectivity index (χ4v) is 3.76. The van der Waals surface area contributed by atoms with Gasteiger partial charge in [-0.1, -0.05) is 12.1 Å². The van der Waals surface area contributed by atoms with Crippen molar-refractivity contribution in [2.24, 2.45) is 5.73 Å². The molecule has 0 heterocycles. The molecule has 9 nitrogen and oxygen atoms in total. The summed E-state index contributed by atoms with van der Waals surface area (Å²) in [6.45, 7) is 1.74. The number of benzene rings is 3. The van der Waals surface area contributed by atoms with Gasteiger partial charge in [0.25, 0.3) is 11.6 Å². The van der Waals surface area contributed by atoms with Gasteiger partial charge in [0.2, 0.25) is 11.8 Å². The number of nitrogens with zero attached hydrogens (tertiary/aromatic N) is 1. The number of hydrogen-bond acceptors (Lipinski definition) is 6. The second-order valence-electron chi connectivity index (χ2n) is 6.98. The number of nitro benzene ring substituents is 1. The number of primary amides is 1. The van der Waals surface area contributed by atoms with E-state index in [1.165, 1.54) is 48.2 Å². The second-order valence-corrected chi connectivity index (χ2v) is 8.39. The number of hydrogen-bond donors (Lipinski definition) is 3. The van der Waals surface area contributed by atoms with Crippen molar-refractivity contribution < 1.29 is 19.3 Å². The van der Waals surface area contributed by atoms with E-state index >= 15 is 0 Å². The van der Waals surface area contributed by atoms with Crippen molar-refractivity contribution in [2.75, 3.05) is 10.6 Å². The van der Waals surface area contributed by atoms with Crippen LogP contribution in [0.1, 0.15) is 27.6 Å². The largest absolute Gasteiger partial charge is 0.366 e. The van der Waals surface area contributed by atoms with Gasteiger partial charge in [-0.25, -0.2) is 0 Å². The Balaban J connectivity index is 1.62. The van der Waals surface area contributed by atoms with Crippen LogP contribution in [0.2, 0.25) is 0 Å². The molecule has 0 saturated carbocycles. The molecule has 0 aliphatic rings.